The molecule has 17 heavy (non-hydrogen) atoms. The molecule has 0 radical (unpaired) electrons. The van der Waals surface area contributed by atoms with Crippen LogP contribution >= 0.6 is 0 Å². The molecule has 1 aromatic carbocycles. The second-order valence-corrected chi connectivity index (χ2v) is 4.39. The molecule has 3 nitrogen and oxygen atoms in total. The van der Waals surface area contributed by atoms with Gasteiger partial charge in [-0.15, -0.1) is 0 Å². The van der Waals surface area contributed by atoms with Gasteiger partial charge in [-0.2, -0.15) is 0 Å². The van der Waals surface area contributed by atoms with Crippen LogP contribution in [0.4, 0.5) is 0 Å². The van der Waals surface area contributed by atoms with E-state index >= 15 is 0 Å². The summed E-state index contributed by atoms with van der Waals surface area (Å²) in [5, 5.41) is 8.80. The van der Waals surface area contributed by atoms with E-state index in [1.807, 2.05) is 13.0 Å². The summed E-state index contributed by atoms with van der Waals surface area (Å²) in [4.78, 5) is 0. The largest absolute Gasteiger partial charge is 0.394 e. The molecule has 0 spiro atoms. The van der Waals surface area contributed by atoms with E-state index in [4.69, 9.17) is 14.6 Å². The molecule has 1 N–H and O–H groups in total. The van der Waals surface area contributed by atoms with E-state index in [1.165, 1.54) is 11.1 Å². The summed E-state index contributed by atoms with van der Waals surface area (Å²) in [6.45, 7) is 3.19. The van der Waals surface area contributed by atoms with Crippen molar-refractivity contribution in [1.82, 2.24) is 0 Å². The zero-order chi connectivity index (χ0) is 12.1. The topological polar surface area (TPSA) is 38.7 Å². The fourth-order valence-electron chi connectivity index (χ4n) is 2.32. The third-order valence-electron chi connectivity index (χ3n) is 3.15. The maximum atomic E-state index is 8.80. The van der Waals surface area contributed by atoms with Gasteiger partial charge in [0.2, 0.25) is 0 Å². The van der Waals surface area contributed by atoms with Crippen LogP contribution < -0.4 is 0 Å². The van der Waals surface area contributed by atoms with E-state index in [0.29, 0.717) is 6.61 Å². The summed E-state index contributed by atoms with van der Waals surface area (Å²) >= 11 is 0. The van der Waals surface area contributed by atoms with Gasteiger partial charge in [0.05, 0.1) is 19.3 Å². The van der Waals surface area contributed by atoms with Gasteiger partial charge in [0, 0.05) is 6.61 Å². The maximum Gasteiger partial charge on any atom is 0.109 e. The first-order valence-electron chi connectivity index (χ1n) is 6.25. The van der Waals surface area contributed by atoms with Gasteiger partial charge in [0.25, 0.3) is 0 Å². The second kappa shape index (κ2) is 6.15. The molecule has 0 saturated carbocycles. The molecule has 2 rings (SSSR count). The number of rotatable bonds is 4. The van der Waals surface area contributed by atoms with Gasteiger partial charge in [0.15, 0.2) is 0 Å². The highest BCUT2D eigenvalue weighted by Crippen LogP contribution is 2.30. The molecule has 0 bridgehead atoms. The van der Waals surface area contributed by atoms with Crippen molar-refractivity contribution in [3.05, 3.63) is 35.4 Å². The lowest BCUT2D eigenvalue weighted by Crippen LogP contribution is -2.23. The van der Waals surface area contributed by atoms with E-state index in [1.54, 1.807) is 0 Å². The average Bonchev–Trinajstić information content (AvgIpc) is 2.58. The average molecular weight is 236 g/mol. The van der Waals surface area contributed by atoms with Crippen LogP contribution in [0.3, 0.4) is 0 Å². The number of aliphatic hydroxyl groups is 1. The summed E-state index contributed by atoms with van der Waals surface area (Å²) in [6, 6.07) is 8.39. The van der Waals surface area contributed by atoms with E-state index < -0.39 is 0 Å². The monoisotopic (exact) mass is 236 g/mol. The molecule has 2 unspecified atom stereocenters. The molecular weight excluding hydrogens is 216 g/mol. The quantitative estimate of drug-likeness (QED) is 0.870. The van der Waals surface area contributed by atoms with Crippen molar-refractivity contribution in [3.63, 3.8) is 0 Å². The second-order valence-electron chi connectivity index (χ2n) is 4.39. The Morgan fingerprint density at radius 1 is 1.47 bits per heavy atom. The third kappa shape index (κ3) is 3.06. The molecular formula is C14H20O3. The van der Waals surface area contributed by atoms with Crippen molar-refractivity contribution in [2.45, 2.75) is 32.0 Å². The molecule has 1 aromatic rings. The van der Waals surface area contributed by atoms with Crippen LogP contribution in [0.2, 0.25) is 0 Å². The molecule has 0 amide bonds. The maximum absolute atomic E-state index is 8.80. The molecule has 1 heterocycles. The highest BCUT2D eigenvalue weighted by atomic mass is 16.5. The van der Waals surface area contributed by atoms with Gasteiger partial charge < -0.3 is 14.6 Å². The summed E-state index contributed by atoms with van der Waals surface area (Å²) in [5.41, 5.74) is 2.59. The fraction of sp³-hybridized carbons (Fsp3) is 0.571. The lowest BCUT2D eigenvalue weighted by Gasteiger charge is -2.24. The van der Waals surface area contributed by atoms with E-state index in [9.17, 15) is 0 Å². The highest BCUT2D eigenvalue weighted by Gasteiger charge is 2.24. The summed E-state index contributed by atoms with van der Waals surface area (Å²) < 4.78 is 11.4. The lowest BCUT2D eigenvalue weighted by atomic mass is 9.97. The van der Waals surface area contributed by atoms with Crippen LogP contribution in [0.15, 0.2) is 24.3 Å². The van der Waals surface area contributed by atoms with Crippen LogP contribution in [0.1, 0.15) is 30.6 Å². The molecule has 1 aliphatic heterocycles. The smallest absolute Gasteiger partial charge is 0.109 e. The van der Waals surface area contributed by atoms with Gasteiger partial charge in [-0.05, 0) is 30.9 Å². The molecule has 2 atom stereocenters. The van der Waals surface area contributed by atoms with E-state index in [0.717, 1.165) is 19.4 Å². The van der Waals surface area contributed by atoms with E-state index in [2.05, 4.69) is 18.2 Å². The third-order valence-corrected chi connectivity index (χ3v) is 3.15. The Bertz CT molecular complexity index is 351. The first-order chi connectivity index (χ1) is 8.33. The van der Waals surface area contributed by atoms with Crippen LogP contribution in [-0.2, 0) is 15.9 Å². The number of aryl methyl sites for hydroxylation is 1. The zero-order valence-electron chi connectivity index (χ0n) is 10.3. The number of hydrogen-bond donors (Lipinski definition) is 1. The first-order valence-corrected chi connectivity index (χ1v) is 6.25. The number of ether oxygens (including phenoxy) is 2. The van der Waals surface area contributed by atoms with Crippen molar-refractivity contribution in [2.24, 2.45) is 0 Å². The Morgan fingerprint density at radius 3 is 3.12 bits per heavy atom. The van der Waals surface area contributed by atoms with Gasteiger partial charge in [-0.3, -0.25) is 0 Å². The number of hydrogen-bond acceptors (Lipinski definition) is 3. The molecule has 94 valence electrons. The molecule has 1 aliphatic rings. The predicted octanol–water partition coefficient (Wildman–Crippen LogP) is 2.09. The van der Waals surface area contributed by atoms with Crippen LogP contribution in [0.25, 0.3) is 0 Å². The Kier molecular flexibility index (Phi) is 4.54. The molecule has 0 aliphatic carbocycles. The van der Waals surface area contributed by atoms with Gasteiger partial charge in [-0.1, -0.05) is 24.3 Å². The predicted molar refractivity (Wildman–Crippen MR) is 66.0 cm³/mol. The number of benzene rings is 1. The minimum Gasteiger partial charge on any atom is -0.394 e. The standard InChI is InChI=1S/C14H20O3/c1-11(16-10-8-15)14-13-7-3-2-5-12(13)6-4-9-17-14/h2-3,5,7,11,14-15H,4,6,8-10H2,1H3. The van der Waals surface area contributed by atoms with E-state index in [-0.39, 0.29) is 18.8 Å². The van der Waals surface area contributed by atoms with Crippen molar-refractivity contribution in [1.29, 1.82) is 0 Å². The van der Waals surface area contributed by atoms with Crippen LogP contribution in [0.5, 0.6) is 0 Å². The normalized spacial score (nSPS) is 21.6. The minimum absolute atomic E-state index is 0.0137. The van der Waals surface area contributed by atoms with Gasteiger partial charge in [0.1, 0.15) is 6.10 Å². The minimum atomic E-state index is -0.0265. The molecule has 0 aromatic heterocycles. The van der Waals surface area contributed by atoms with Crippen molar-refractivity contribution in [2.75, 3.05) is 19.8 Å². The van der Waals surface area contributed by atoms with Crippen molar-refractivity contribution < 1.29 is 14.6 Å². The number of aliphatic hydroxyl groups excluding tert-OH is 1. The van der Waals surface area contributed by atoms with Gasteiger partial charge >= 0.3 is 0 Å². The number of fused-ring (bicyclic) bond motifs is 1. The summed E-state index contributed by atoms with van der Waals surface area (Å²) in [5.74, 6) is 0. The fourth-order valence-corrected chi connectivity index (χ4v) is 2.32. The lowest BCUT2D eigenvalue weighted by molar-refractivity contribution is -0.0717. The SMILES string of the molecule is CC(OCCO)C1OCCCc2ccccc21. The Balaban J connectivity index is 2.16. The molecule has 0 fully saturated rings. The van der Waals surface area contributed by atoms with Crippen molar-refractivity contribution >= 4 is 0 Å². The first kappa shape index (κ1) is 12.6. The van der Waals surface area contributed by atoms with Crippen molar-refractivity contribution in [3.8, 4) is 0 Å². The molecule has 0 saturated heterocycles. The van der Waals surface area contributed by atoms with Gasteiger partial charge in [-0.25, -0.2) is 0 Å². The Labute approximate surface area is 102 Å². The zero-order valence-corrected chi connectivity index (χ0v) is 10.3. The van der Waals surface area contributed by atoms with Crippen LogP contribution in [0, 0.1) is 0 Å². The molecule has 3 heteroatoms. The summed E-state index contributed by atoms with van der Waals surface area (Å²) in [6.07, 6.45) is 2.08. The Hall–Kier alpha value is -0.900. The Morgan fingerprint density at radius 2 is 2.29 bits per heavy atom. The summed E-state index contributed by atoms with van der Waals surface area (Å²) in [7, 11) is 0. The highest BCUT2D eigenvalue weighted by molar-refractivity contribution is 5.30. The van der Waals surface area contributed by atoms with Crippen LogP contribution in [-0.4, -0.2) is 31.0 Å².